The highest BCUT2D eigenvalue weighted by Gasteiger charge is 2.17. The Kier molecular flexibility index (Phi) is 4.97. The van der Waals surface area contributed by atoms with E-state index in [2.05, 4.69) is 10.4 Å². The van der Waals surface area contributed by atoms with Crippen LogP contribution >= 0.6 is 0 Å². The molecule has 0 radical (unpaired) electrons. The number of aromatic nitrogens is 3. The maximum atomic E-state index is 12.3. The van der Waals surface area contributed by atoms with Gasteiger partial charge in [-0.15, -0.1) is 0 Å². The minimum atomic E-state index is -0.515. The van der Waals surface area contributed by atoms with Crippen molar-refractivity contribution < 1.29 is 9.59 Å². The number of rotatable bonds is 5. The quantitative estimate of drug-likeness (QED) is 0.807. The molecule has 8 nitrogen and oxygen atoms in total. The van der Waals surface area contributed by atoms with Gasteiger partial charge in [0.05, 0.1) is 0 Å². The number of nitrogens with one attached hydrogen (secondary N) is 1. The van der Waals surface area contributed by atoms with E-state index in [0.717, 1.165) is 37.1 Å². The Morgan fingerprint density at radius 3 is 2.88 bits per heavy atom. The lowest BCUT2D eigenvalue weighted by molar-refractivity contribution is -0.122. The van der Waals surface area contributed by atoms with Gasteiger partial charge in [-0.1, -0.05) is 18.6 Å². The van der Waals surface area contributed by atoms with Gasteiger partial charge in [-0.05, 0) is 30.5 Å². The summed E-state index contributed by atoms with van der Waals surface area (Å²) in [5.74, 6) is -0.0662. The zero-order chi connectivity index (χ0) is 17.8. The van der Waals surface area contributed by atoms with Crippen molar-refractivity contribution in [3.05, 3.63) is 51.7 Å². The second-order valence-electron chi connectivity index (χ2n) is 6.16. The first kappa shape index (κ1) is 16.9. The monoisotopic (exact) mass is 343 g/mol. The number of carbonyl (C=O) groups excluding carboxylic acids is 2. The largest absolute Gasteiger partial charge is 0.366 e. The van der Waals surface area contributed by atoms with E-state index in [4.69, 9.17) is 5.73 Å². The lowest BCUT2D eigenvalue weighted by atomic mass is 10.1. The Morgan fingerprint density at radius 1 is 1.24 bits per heavy atom. The van der Waals surface area contributed by atoms with E-state index < -0.39 is 5.91 Å². The number of amides is 2. The highest BCUT2D eigenvalue weighted by molar-refractivity contribution is 5.92. The van der Waals surface area contributed by atoms with Crippen LogP contribution in [0.2, 0.25) is 0 Å². The summed E-state index contributed by atoms with van der Waals surface area (Å²) in [6.45, 7) is 0.798. The molecule has 0 spiro atoms. The van der Waals surface area contributed by atoms with E-state index in [1.807, 2.05) is 0 Å². The number of nitrogens with zero attached hydrogens (tertiary/aromatic N) is 3. The molecule has 0 bridgehead atoms. The first-order chi connectivity index (χ1) is 12.0. The third-order valence-electron chi connectivity index (χ3n) is 4.28. The second kappa shape index (κ2) is 7.33. The van der Waals surface area contributed by atoms with Gasteiger partial charge in [-0.2, -0.15) is 5.10 Å². The predicted molar refractivity (Wildman–Crippen MR) is 90.8 cm³/mol. The molecule has 2 heterocycles. The predicted octanol–water partition coefficient (Wildman–Crippen LogP) is 0.186. The van der Waals surface area contributed by atoms with Crippen LogP contribution in [0.3, 0.4) is 0 Å². The zero-order valence-electron chi connectivity index (χ0n) is 13.9. The molecule has 0 fully saturated rings. The van der Waals surface area contributed by atoms with Crippen LogP contribution in [0.25, 0.3) is 0 Å². The highest BCUT2D eigenvalue weighted by atomic mass is 16.2. The molecule has 2 amide bonds. The smallest absolute Gasteiger partial charge is 0.346 e. The number of hydrogen-bond donors (Lipinski definition) is 2. The average molecular weight is 343 g/mol. The van der Waals surface area contributed by atoms with Crippen LogP contribution in [0.5, 0.6) is 0 Å². The van der Waals surface area contributed by atoms with E-state index in [1.54, 1.807) is 28.8 Å². The number of fused-ring (bicyclic) bond motifs is 1. The number of carbonyl (C=O) groups is 2. The normalized spacial score (nSPS) is 13.8. The fourth-order valence-corrected chi connectivity index (χ4v) is 2.96. The van der Waals surface area contributed by atoms with Gasteiger partial charge in [0.2, 0.25) is 11.8 Å². The molecule has 3 rings (SSSR count). The molecule has 1 aromatic heterocycles. The number of hydrogen-bond acceptors (Lipinski definition) is 4. The number of aryl methyl sites for hydroxylation is 1. The van der Waals surface area contributed by atoms with Gasteiger partial charge >= 0.3 is 5.69 Å². The van der Waals surface area contributed by atoms with Crippen LogP contribution in [-0.4, -0.2) is 26.2 Å². The molecule has 0 atom stereocenters. The number of nitrogens with two attached hydrogens (primary N) is 1. The summed E-state index contributed by atoms with van der Waals surface area (Å²) >= 11 is 0. The molecule has 8 heteroatoms. The summed E-state index contributed by atoms with van der Waals surface area (Å²) in [4.78, 5) is 35.6. The Bertz CT molecular complexity index is 852. The summed E-state index contributed by atoms with van der Waals surface area (Å²) in [5, 5.41) is 7.02. The third kappa shape index (κ3) is 3.96. The number of primary amides is 1. The summed E-state index contributed by atoms with van der Waals surface area (Å²) in [6.07, 6.45) is 3.83. The molecule has 1 aliphatic rings. The SMILES string of the molecule is NC(=O)c1cccc(CNC(=O)Cn2nc3n(c2=O)CCCCC3)c1. The molecule has 1 aliphatic heterocycles. The van der Waals surface area contributed by atoms with Gasteiger partial charge in [0.25, 0.3) is 0 Å². The topological polar surface area (TPSA) is 112 Å². The molecule has 1 aromatic carbocycles. The van der Waals surface area contributed by atoms with Crippen LogP contribution in [-0.2, 0) is 30.8 Å². The maximum Gasteiger partial charge on any atom is 0.346 e. The van der Waals surface area contributed by atoms with Crippen LogP contribution in [0.1, 0.15) is 41.0 Å². The van der Waals surface area contributed by atoms with Crippen LogP contribution in [0.15, 0.2) is 29.1 Å². The Morgan fingerprint density at radius 2 is 2.08 bits per heavy atom. The average Bonchev–Trinajstić information content (AvgIpc) is 2.77. The Balaban J connectivity index is 1.63. The minimum absolute atomic E-state index is 0.117. The zero-order valence-corrected chi connectivity index (χ0v) is 13.9. The molecule has 3 N–H and O–H groups in total. The molecule has 25 heavy (non-hydrogen) atoms. The molecular weight excluding hydrogens is 322 g/mol. The van der Waals surface area contributed by atoms with Gasteiger partial charge in [-0.25, -0.2) is 9.48 Å². The first-order valence-corrected chi connectivity index (χ1v) is 8.36. The van der Waals surface area contributed by atoms with Crippen LogP contribution in [0, 0.1) is 0 Å². The van der Waals surface area contributed by atoms with E-state index in [1.165, 1.54) is 4.68 Å². The molecule has 0 unspecified atom stereocenters. The van der Waals surface area contributed by atoms with Gasteiger partial charge in [-0.3, -0.25) is 14.2 Å². The molecule has 0 saturated heterocycles. The van der Waals surface area contributed by atoms with E-state index in [9.17, 15) is 14.4 Å². The minimum Gasteiger partial charge on any atom is -0.366 e. The van der Waals surface area contributed by atoms with E-state index in [0.29, 0.717) is 12.1 Å². The van der Waals surface area contributed by atoms with Gasteiger partial charge < -0.3 is 11.1 Å². The maximum absolute atomic E-state index is 12.3. The van der Waals surface area contributed by atoms with E-state index >= 15 is 0 Å². The van der Waals surface area contributed by atoms with Crippen molar-refractivity contribution in [1.82, 2.24) is 19.7 Å². The van der Waals surface area contributed by atoms with Crippen LogP contribution in [0.4, 0.5) is 0 Å². The van der Waals surface area contributed by atoms with Crippen molar-refractivity contribution in [2.75, 3.05) is 0 Å². The summed E-state index contributed by atoms with van der Waals surface area (Å²) in [5.41, 5.74) is 6.16. The fraction of sp³-hybridized carbons (Fsp3) is 0.412. The Labute approximate surface area is 144 Å². The summed E-state index contributed by atoms with van der Waals surface area (Å²) in [7, 11) is 0. The molecule has 0 aliphatic carbocycles. The van der Waals surface area contributed by atoms with Crippen molar-refractivity contribution in [3.63, 3.8) is 0 Å². The van der Waals surface area contributed by atoms with Crippen LogP contribution < -0.4 is 16.7 Å². The lowest BCUT2D eigenvalue weighted by Gasteiger charge is -2.06. The molecule has 0 saturated carbocycles. The lowest BCUT2D eigenvalue weighted by Crippen LogP contribution is -2.33. The van der Waals surface area contributed by atoms with Crippen molar-refractivity contribution in [3.8, 4) is 0 Å². The second-order valence-corrected chi connectivity index (χ2v) is 6.16. The van der Waals surface area contributed by atoms with Crippen molar-refractivity contribution in [1.29, 1.82) is 0 Å². The van der Waals surface area contributed by atoms with Gasteiger partial charge in [0.1, 0.15) is 12.4 Å². The van der Waals surface area contributed by atoms with Crippen molar-refractivity contribution in [2.45, 2.75) is 45.3 Å². The molecule has 132 valence electrons. The van der Waals surface area contributed by atoms with Gasteiger partial charge in [0.15, 0.2) is 0 Å². The first-order valence-electron chi connectivity index (χ1n) is 8.36. The summed E-state index contributed by atoms with van der Waals surface area (Å²) < 4.78 is 2.88. The van der Waals surface area contributed by atoms with E-state index in [-0.39, 0.29) is 24.7 Å². The standard InChI is InChI=1S/C17H21N5O3/c18-16(24)13-6-4-5-12(9-13)10-19-15(23)11-22-17(25)21-8-3-1-2-7-14(21)20-22/h4-6,9H,1-3,7-8,10-11H2,(H2,18,24)(H,19,23). The Hall–Kier alpha value is -2.90. The van der Waals surface area contributed by atoms with Crippen molar-refractivity contribution >= 4 is 11.8 Å². The van der Waals surface area contributed by atoms with Gasteiger partial charge in [0, 0.05) is 25.1 Å². The third-order valence-corrected chi connectivity index (χ3v) is 4.28. The fourth-order valence-electron chi connectivity index (χ4n) is 2.96. The summed E-state index contributed by atoms with van der Waals surface area (Å²) in [6, 6.07) is 6.75. The molecule has 2 aromatic rings. The highest BCUT2D eigenvalue weighted by Crippen LogP contribution is 2.10. The number of benzene rings is 1. The molecular formula is C17H21N5O3. The van der Waals surface area contributed by atoms with Crippen molar-refractivity contribution in [2.24, 2.45) is 5.73 Å².